The molecule has 1 aliphatic heterocycles. The first-order valence-electron chi connectivity index (χ1n) is 7.89. The number of nitrogens with zero attached hydrogens (tertiary/aromatic N) is 4. The zero-order valence-electron chi connectivity index (χ0n) is 13.5. The topological polar surface area (TPSA) is 40.9 Å². The first-order chi connectivity index (χ1) is 11.7. The molecule has 0 aliphatic carbocycles. The van der Waals surface area contributed by atoms with Crippen LogP contribution in [0.1, 0.15) is 16.1 Å². The number of aromatic nitrogens is 2. The van der Waals surface area contributed by atoms with E-state index in [4.69, 9.17) is 11.6 Å². The molecular formula is C17H18Cl2N4OS. The van der Waals surface area contributed by atoms with Crippen molar-refractivity contribution in [1.82, 2.24) is 19.2 Å². The summed E-state index contributed by atoms with van der Waals surface area (Å²) in [6.45, 7) is 4.07. The molecule has 0 N–H and O–H groups in total. The Bertz CT molecular complexity index is 856. The van der Waals surface area contributed by atoms with Gasteiger partial charge in [-0.1, -0.05) is 41.9 Å². The molecular weight excluding hydrogens is 379 g/mol. The molecule has 4 rings (SSSR count). The Labute approximate surface area is 161 Å². The lowest BCUT2D eigenvalue weighted by Crippen LogP contribution is -2.48. The van der Waals surface area contributed by atoms with E-state index in [-0.39, 0.29) is 18.3 Å². The molecule has 0 bridgehead atoms. The van der Waals surface area contributed by atoms with Crippen LogP contribution < -0.4 is 0 Å². The summed E-state index contributed by atoms with van der Waals surface area (Å²) in [6.07, 6.45) is 1.85. The summed E-state index contributed by atoms with van der Waals surface area (Å²) in [5.74, 6) is -0.0368. The Hall–Kier alpha value is -1.60. The smallest absolute Gasteiger partial charge is 0.274 e. The third-order valence-corrected chi connectivity index (χ3v) is 5.35. The maximum absolute atomic E-state index is 12.8. The van der Waals surface area contributed by atoms with Crippen LogP contribution >= 0.6 is 35.3 Å². The number of hydrogen-bond acceptors (Lipinski definition) is 4. The second-order valence-electron chi connectivity index (χ2n) is 5.86. The van der Waals surface area contributed by atoms with Crippen molar-refractivity contribution in [2.75, 3.05) is 26.2 Å². The lowest BCUT2D eigenvalue weighted by molar-refractivity contribution is 0.0622. The molecule has 1 saturated heterocycles. The number of hydrogen-bond donors (Lipinski definition) is 0. The average molecular weight is 397 g/mol. The summed E-state index contributed by atoms with van der Waals surface area (Å²) in [4.78, 5) is 22.1. The molecule has 0 unspecified atom stereocenters. The molecule has 1 amide bonds. The molecule has 25 heavy (non-hydrogen) atoms. The lowest BCUT2D eigenvalue weighted by Gasteiger charge is -2.34. The van der Waals surface area contributed by atoms with Gasteiger partial charge in [0.25, 0.3) is 5.91 Å². The van der Waals surface area contributed by atoms with E-state index in [0.29, 0.717) is 23.9 Å². The quantitative estimate of drug-likeness (QED) is 0.680. The van der Waals surface area contributed by atoms with Crippen LogP contribution in [0, 0.1) is 0 Å². The molecule has 1 fully saturated rings. The van der Waals surface area contributed by atoms with Crippen LogP contribution in [-0.4, -0.2) is 51.3 Å². The number of halogens is 2. The highest BCUT2D eigenvalue weighted by atomic mass is 35.5. The number of imidazole rings is 1. The Morgan fingerprint density at radius 1 is 1.16 bits per heavy atom. The number of rotatable bonds is 3. The van der Waals surface area contributed by atoms with Crippen molar-refractivity contribution in [3.8, 4) is 0 Å². The number of piperazine rings is 1. The Balaban J connectivity index is 0.00000182. The van der Waals surface area contributed by atoms with Gasteiger partial charge in [0.2, 0.25) is 0 Å². The summed E-state index contributed by atoms with van der Waals surface area (Å²) in [6, 6.07) is 10.4. The maximum atomic E-state index is 12.8. The second kappa shape index (κ2) is 7.74. The van der Waals surface area contributed by atoms with E-state index in [1.165, 1.54) is 16.9 Å². The average Bonchev–Trinajstić information content (AvgIpc) is 3.16. The van der Waals surface area contributed by atoms with Crippen molar-refractivity contribution >= 4 is 46.2 Å². The lowest BCUT2D eigenvalue weighted by atomic mass is 10.2. The highest BCUT2D eigenvalue weighted by Gasteiger charge is 2.27. The van der Waals surface area contributed by atoms with Gasteiger partial charge in [-0.05, 0) is 5.56 Å². The van der Waals surface area contributed by atoms with Crippen molar-refractivity contribution in [2.45, 2.75) is 6.54 Å². The first-order valence-corrected chi connectivity index (χ1v) is 9.15. The van der Waals surface area contributed by atoms with E-state index in [1.54, 1.807) is 4.40 Å². The highest BCUT2D eigenvalue weighted by Crippen LogP contribution is 2.23. The number of amides is 1. The number of fused-ring (bicyclic) bond motifs is 1. The Kier molecular flexibility index (Phi) is 5.64. The van der Waals surface area contributed by atoms with E-state index in [1.807, 2.05) is 22.5 Å². The molecule has 5 nitrogen and oxygen atoms in total. The van der Waals surface area contributed by atoms with Crippen molar-refractivity contribution in [3.63, 3.8) is 0 Å². The molecule has 8 heteroatoms. The Morgan fingerprint density at radius 3 is 2.60 bits per heavy atom. The zero-order valence-corrected chi connectivity index (χ0v) is 15.9. The van der Waals surface area contributed by atoms with Crippen LogP contribution in [-0.2, 0) is 6.54 Å². The minimum Gasteiger partial charge on any atom is -0.335 e. The predicted octanol–water partition coefficient (Wildman–Crippen LogP) is 3.43. The molecule has 0 spiro atoms. The van der Waals surface area contributed by atoms with E-state index in [9.17, 15) is 4.79 Å². The molecule has 2 aromatic heterocycles. The summed E-state index contributed by atoms with van der Waals surface area (Å²) >= 11 is 7.65. The van der Waals surface area contributed by atoms with Crippen molar-refractivity contribution in [2.24, 2.45) is 0 Å². The molecule has 1 aromatic carbocycles. The third kappa shape index (κ3) is 3.67. The minimum atomic E-state index is -0.0368. The van der Waals surface area contributed by atoms with Crippen LogP contribution in [0.25, 0.3) is 4.96 Å². The SMILES string of the molecule is Cl.O=C(c1c(Cl)nc2sccn12)N1CCN(Cc2ccccc2)CC1. The van der Waals surface area contributed by atoms with Gasteiger partial charge in [-0.2, -0.15) is 0 Å². The van der Waals surface area contributed by atoms with Gasteiger partial charge in [-0.3, -0.25) is 14.1 Å². The van der Waals surface area contributed by atoms with Crippen LogP contribution in [0.3, 0.4) is 0 Å². The molecule has 0 saturated carbocycles. The van der Waals surface area contributed by atoms with Gasteiger partial charge in [0.1, 0.15) is 0 Å². The number of thiazole rings is 1. The number of carbonyl (C=O) groups is 1. The van der Waals surface area contributed by atoms with E-state index in [2.05, 4.69) is 34.1 Å². The van der Waals surface area contributed by atoms with Gasteiger partial charge in [0.15, 0.2) is 15.8 Å². The van der Waals surface area contributed by atoms with Gasteiger partial charge >= 0.3 is 0 Å². The molecule has 3 heterocycles. The first kappa shape index (κ1) is 18.2. The molecule has 3 aromatic rings. The molecule has 1 aliphatic rings. The van der Waals surface area contributed by atoms with Crippen molar-refractivity contribution in [1.29, 1.82) is 0 Å². The van der Waals surface area contributed by atoms with E-state index in [0.717, 1.165) is 24.6 Å². The van der Waals surface area contributed by atoms with Crippen LogP contribution in [0.5, 0.6) is 0 Å². The second-order valence-corrected chi connectivity index (χ2v) is 7.09. The van der Waals surface area contributed by atoms with E-state index >= 15 is 0 Å². The van der Waals surface area contributed by atoms with Crippen molar-refractivity contribution in [3.05, 3.63) is 58.3 Å². The van der Waals surface area contributed by atoms with Gasteiger partial charge < -0.3 is 4.90 Å². The molecule has 0 radical (unpaired) electrons. The number of carbonyl (C=O) groups excluding carboxylic acids is 1. The van der Waals surface area contributed by atoms with Gasteiger partial charge in [0.05, 0.1) is 0 Å². The standard InChI is InChI=1S/C17H17ClN4OS.ClH/c18-15-14(22-10-11-24-17(22)19-15)16(23)21-8-6-20(7-9-21)12-13-4-2-1-3-5-13;/h1-5,10-11H,6-9,12H2;1H. The van der Waals surface area contributed by atoms with Gasteiger partial charge in [-0.25, -0.2) is 4.98 Å². The highest BCUT2D eigenvalue weighted by molar-refractivity contribution is 7.15. The molecule has 0 atom stereocenters. The normalized spacial score (nSPS) is 15.3. The fourth-order valence-electron chi connectivity index (χ4n) is 3.05. The fourth-order valence-corrected chi connectivity index (χ4v) is 4.07. The minimum absolute atomic E-state index is 0. The zero-order chi connectivity index (χ0) is 16.5. The summed E-state index contributed by atoms with van der Waals surface area (Å²) in [5.41, 5.74) is 1.78. The van der Waals surface area contributed by atoms with Gasteiger partial charge in [-0.15, -0.1) is 23.7 Å². The van der Waals surface area contributed by atoms with Crippen LogP contribution in [0.15, 0.2) is 41.9 Å². The monoisotopic (exact) mass is 396 g/mol. The third-order valence-electron chi connectivity index (χ3n) is 4.33. The fraction of sp³-hybridized carbons (Fsp3) is 0.294. The summed E-state index contributed by atoms with van der Waals surface area (Å²) in [5, 5.41) is 2.20. The van der Waals surface area contributed by atoms with Crippen molar-refractivity contribution < 1.29 is 4.79 Å². The van der Waals surface area contributed by atoms with Crippen LogP contribution in [0.4, 0.5) is 0 Å². The largest absolute Gasteiger partial charge is 0.335 e. The maximum Gasteiger partial charge on any atom is 0.274 e. The van der Waals surface area contributed by atoms with Crippen LogP contribution in [0.2, 0.25) is 5.15 Å². The Morgan fingerprint density at radius 2 is 1.88 bits per heavy atom. The van der Waals surface area contributed by atoms with Gasteiger partial charge in [0, 0.05) is 44.3 Å². The summed E-state index contributed by atoms with van der Waals surface area (Å²) < 4.78 is 1.78. The molecule has 132 valence electrons. The van der Waals surface area contributed by atoms with E-state index < -0.39 is 0 Å². The predicted molar refractivity (Wildman–Crippen MR) is 103 cm³/mol. The summed E-state index contributed by atoms with van der Waals surface area (Å²) in [7, 11) is 0. The number of benzene rings is 1.